The van der Waals surface area contributed by atoms with Gasteiger partial charge in [0.15, 0.2) is 11.5 Å². The first-order chi connectivity index (χ1) is 9.18. The molecule has 0 amide bonds. The third kappa shape index (κ3) is 1.68. The van der Waals surface area contributed by atoms with Gasteiger partial charge in [-0.15, -0.1) is 5.10 Å². The van der Waals surface area contributed by atoms with Crippen LogP contribution in [0.15, 0.2) is 42.6 Å². The van der Waals surface area contributed by atoms with Crippen molar-refractivity contribution in [2.45, 2.75) is 0 Å². The van der Waals surface area contributed by atoms with Gasteiger partial charge in [0.1, 0.15) is 5.69 Å². The van der Waals surface area contributed by atoms with Gasteiger partial charge in [0.2, 0.25) is 0 Å². The van der Waals surface area contributed by atoms with E-state index in [1.165, 1.54) is 10.7 Å². The summed E-state index contributed by atoms with van der Waals surface area (Å²) in [5.74, 6) is 0.293. The summed E-state index contributed by atoms with van der Waals surface area (Å²) in [6.07, 6.45) is 1.59. The van der Waals surface area contributed by atoms with Gasteiger partial charge in [-0.1, -0.05) is 12.1 Å². The van der Waals surface area contributed by atoms with Crippen molar-refractivity contribution < 1.29 is 4.92 Å². The predicted molar refractivity (Wildman–Crippen MR) is 69.9 cm³/mol. The molecule has 0 bridgehead atoms. The lowest BCUT2D eigenvalue weighted by Crippen LogP contribution is -2.02. The second-order valence-electron chi connectivity index (χ2n) is 3.92. The zero-order chi connectivity index (χ0) is 13.4. The van der Waals surface area contributed by atoms with Gasteiger partial charge < -0.3 is 5.73 Å². The van der Waals surface area contributed by atoms with Crippen molar-refractivity contribution in [3.63, 3.8) is 0 Å². The molecule has 0 fully saturated rings. The van der Waals surface area contributed by atoms with Gasteiger partial charge >= 0.3 is 0 Å². The maximum absolute atomic E-state index is 11.1. The number of anilines is 1. The minimum absolute atomic E-state index is 0.0439. The molecule has 0 unspecified atom stereocenters. The maximum atomic E-state index is 11.1. The summed E-state index contributed by atoms with van der Waals surface area (Å²) in [6, 6.07) is 9.85. The Hall–Kier alpha value is -2.96. The zero-order valence-corrected chi connectivity index (χ0v) is 9.72. The Balaban J connectivity index is 2.34. The van der Waals surface area contributed by atoms with Crippen LogP contribution < -0.4 is 5.73 Å². The van der Waals surface area contributed by atoms with Crippen LogP contribution in [0, 0.1) is 10.1 Å². The number of pyridine rings is 1. The number of nitrogens with zero attached hydrogens (tertiary/aromatic N) is 4. The second-order valence-corrected chi connectivity index (χ2v) is 3.92. The molecule has 0 aliphatic rings. The third-order valence-corrected chi connectivity index (χ3v) is 2.78. The van der Waals surface area contributed by atoms with E-state index in [-0.39, 0.29) is 5.69 Å². The van der Waals surface area contributed by atoms with Crippen molar-refractivity contribution in [3.05, 3.63) is 52.7 Å². The fraction of sp³-hybridized carbons (Fsp3) is 0. The van der Waals surface area contributed by atoms with Crippen LogP contribution in [0.4, 0.5) is 11.5 Å². The topological polar surface area (TPSA) is 99.9 Å². The number of rotatable bonds is 2. The molecule has 2 aromatic heterocycles. The van der Waals surface area contributed by atoms with E-state index >= 15 is 0 Å². The van der Waals surface area contributed by atoms with E-state index in [0.29, 0.717) is 22.5 Å². The Morgan fingerprint density at radius 1 is 1.21 bits per heavy atom. The highest BCUT2D eigenvalue weighted by Gasteiger charge is 2.18. The number of fused-ring (bicyclic) bond motifs is 1. The van der Waals surface area contributed by atoms with Crippen LogP contribution in [-0.2, 0) is 0 Å². The van der Waals surface area contributed by atoms with Gasteiger partial charge in [-0.3, -0.25) is 10.1 Å². The van der Waals surface area contributed by atoms with Crippen molar-refractivity contribution in [2.75, 3.05) is 5.73 Å². The van der Waals surface area contributed by atoms with Crippen molar-refractivity contribution in [1.29, 1.82) is 0 Å². The quantitative estimate of drug-likeness (QED) is 0.557. The maximum Gasteiger partial charge on any atom is 0.294 e. The van der Waals surface area contributed by atoms with Crippen LogP contribution in [0.5, 0.6) is 0 Å². The molecule has 94 valence electrons. The molecule has 2 heterocycles. The molecular formula is C12H9N5O2. The minimum atomic E-state index is -0.456. The third-order valence-electron chi connectivity index (χ3n) is 2.78. The SMILES string of the molecule is Nc1nn(-c2ccccc2[N+](=O)[O-])c2ncccc12. The van der Waals surface area contributed by atoms with Gasteiger partial charge in [-0.05, 0) is 18.2 Å². The first-order valence-electron chi connectivity index (χ1n) is 5.51. The highest BCUT2D eigenvalue weighted by atomic mass is 16.6. The van der Waals surface area contributed by atoms with Crippen LogP contribution in [0.2, 0.25) is 0 Å². The van der Waals surface area contributed by atoms with Gasteiger partial charge in [-0.25, -0.2) is 9.67 Å². The molecule has 0 saturated carbocycles. The second kappa shape index (κ2) is 4.05. The number of aromatic nitrogens is 3. The number of benzene rings is 1. The van der Waals surface area contributed by atoms with E-state index in [2.05, 4.69) is 10.1 Å². The number of nitrogen functional groups attached to an aromatic ring is 1. The lowest BCUT2D eigenvalue weighted by molar-refractivity contribution is -0.384. The Kier molecular flexibility index (Phi) is 2.38. The molecule has 0 aliphatic heterocycles. The summed E-state index contributed by atoms with van der Waals surface area (Å²) < 4.78 is 1.39. The Labute approximate surface area is 107 Å². The average Bonchev–Trinajstić information content (AvgIpc) is 2.77. The lowest BCUT2D eigenvalue weighted by Gasteiger charge is -2.03. The first-order valence-corrected chi connectivity index (χ1v) is 5.51. The van der Waals surface area contributed by atoms with Crippen LogP contribution in [-0.4, -0.2) is 19.7 Å². The number of nitrogens with two attached hydrogens (primary N) is 1. The van der Waals surface area contributed by atoms with Crippen molar-refractivity contribution in [1.82, 2.24) is 14.8 Å². The molecule has 3 rings (SSSR count). The summed E-state index contributed by atoms with van der Waals surface area (Å²) in [5.41, 5.74) is 6.59. The number of para-hydroxylation sites is 2. The fourth-order valence-corrected chi connectivity index (χ4v) is 1.94. The standard InChI is InChI=1S/C12H9N5O2/c13-11-8-4-3-7-14-12(8)16(15-11)9-5-1-2-6-10(9)17(18)19/h1-7H,(H2,13,15). The highest BCUT2D eigenvalue weighted by Crippen LogP contribution is 2.27. The number of hydrogen-bond donors (Lipinski definition) is 1. The minimum Gasteiger partial charge on any atom is -0.382 e. The molecule has 7 heteroatoms. The van der Waals surface area contributed by atoms with E-state index in [1.54, 1.807) is 36.5 Å². The normalized spacial score (nSPS) is 10.7. The van der Waals surface area contributed by atoms with Crippen LogP contribution >= 0.6 is 0 Å². The van der Waals surface area contributed by atoms with Crippen LogP contribution in [0.25, 0.3) is 16.7 Å². The molecule has 0 spiro atoms. The van der Waals surface area contributed by atoms with Crippen molar-refractivity contribution >= 4 is 22.5 Å². The van der Waals surface area contributed by atoms with Crippen LogP contribution in [0.3, 0.4) is 0 Å². The molecule has 2 N–H and O–H groups in total. The molecule has 0 atom stereocenters. The fourth-order valence-electron chi connectivity index (χ4n) is 1.94. The highest BCUT2D eigenvalue weighted by molar-refractivity contribution is 5.87. The summed E-state index contributed by atoms with van der Waals surface area (Å²) >= 11 is 0. The van der Waals surface area contributed by atoms with E-state index in [4.69, 9.17) is 5.73 Å². The van der Waals surface area contributed by atoms with Crippen LogP contribution in [0.1, 0.15) is 0 Å². The first kappa shape index (κ1) is 11.1. The van der Waals surface area contributed by atoms with Gasteiger partial charge in [0.25, 0.3) is 5.69 Å². The van der Waals surface area contributed by atoms with Gasteiger partial charge in [-0.2, -0.15) is 0 Å². The summed E-state index contributed by atoms with van der Waals surface area (Å²) in [7, 11) is 0. The zero-order valence-electron chi connectivity index (χ0n) is 9.72. The van der Waals surface area contributed by atoms with Gasteiger partial charge in [0, 0.05) is 12.3 Å². The molecular weight excluding hydrogens is 246 g/mol. The summed E-state index contributed by atoms with van der Waals surface area (Å²) in [4.78, 5) is 14.8. The smallest absolute Gasteiger partial charge is 0.294 e. The van der Waals surface area contributed by atoms with E-state index in [9.17, 15) is 10.1 Å². The molecule has 0 radical (unpaired) electrons. The summed E-state index contributed by atoms with van der Waals surface area (Å²) in [5, 5.41) is 15.8. The van der Waals surface area contributed by atoms with E-state index in [1.807, 2.05) is 0 Å². The van der Waals surface area contributed by atoms with Crippen molar-refractivity contribution in [3.8, 4) is 5.69 Å². The lowest BCUT2D eigenvalue weighted by atomic mass is 10.2. The molecule has 0 aliphatic carbocycles. The number of nitro groups is 1. The monoisotopic (exact) mass is 255 g/mol. The molecule has 1 aromatic carbocycles. The molecule has 3 aromatic rings. The molecule has 19 heavy (non-hydrogen) atoms. The largest absolute Gasteiger partial charge is 0.382 e. The average molecular weight is 255 g/mol. The Morgan fingerprint density at radius 3 is 2.79 bits per heavy atom. The molecule has 0 saturated heterocycles. The Morgan fingerprint density at radius 2 is 2.00 bits per heavy atom. The number of hydrogen-bond acceptors (Lipinski definition) is 5. The van der Waals surface area contributed by atoms with E-state index in [0.717, 1.165) is 0 Å². The predicted octanol–water partition coefficient (Wildman–Crippen LogP) is 1.91. The molecule has 7 nitrogen and oxygen atoms in total. The van der Waals surface area contributed by atoms with Gasteiger partial charge in [0.05, 0.1) is 10.3 Å². The number of nitro benzene ring substituents is 1. The summed E-state index contributed by atoms with van der Waals surface area (Å²) in [6.45, 7) is 0. The van der Waals surface area contributed by atoms with E-state index < -0.39 is 4.92 Å². The Bertz CT molecular complexity index is 781. The van der Waals surface area contributed by atoms with Crippen molar-refractivity contribution in [2.24, 2.45) is 0 Å².